The van der Waals surface area contributed by atoms with Crippen LogP contribution in [0.3, 0.4) is 0 Å². The van der Waals surface area contributed by atoms with Crippen molar-refractivity contribution >= 4 is 11.3 Å². The fourth-order valence-corrected chi connectivity index (χ4v) is 3.98. The van der Waals surface area contributed by atoms with Crippen LogP contribution in [0.5, 0.6) is 0 Å². The standard InChI is InChI=1S/C13H20N2OS/c1-8-6-7-10(16-8)12(14)13-15-9-4-2-3-5-11(9)17-13/h8,10,12H,2-7,14H2,1H3. The molecular formula is C13H20N2OS. The summed E-state index contributed by atoms with van der Waals surface area (Å²) in [5.41, 5.74) is 7.60. The molecule has 17 heavy (non-hydrogen) atoms. The van der Waals surface area contributed by atoms with Gasteiger partial charge in [0.05, 0.1) is 23.9 Å². The van der Waals surface area contributed by atoms with E-state index in [1.165, 1.54) is 29.8 Å². The van der Waals surface area contributed by atoms with Crippen LogP contribution in [0.1, 0.15) is 54.2 Å². The van der Waals surface area contributed by atoms with Crippen LogP contribution >= 0.6 is 11.3 Å². The van der Waals surface area contributed by atoms with Gasteiger partial charge in [-0.05, 0) is 45.4 Å². The largest absolute Gasteiger partial charge is 0.373 e. The predicted octanol–water partition coefficient (Wildman–Crippen LogP) is 2.59. The zero-order valence-electron chi connectivity index (χ0n) is 10.3. The van der Waals surface area contributed by atoms with Crippen LogP contribution < -0.4 is 5.73 Å². The first-order valence-electron chi connectivity index (χ1n) is 6.63. The molecule has 1 saturated heterocycles. The molecule has 0 amide bonds. The summed E-state index contributed by atoms with van der Waals surface area (Å²) in [6.07, 6.45) is 7.67. The fourth-order valence-electron chi connectivity index (χ4n) is 2.77. The van der Waals surface area contributed by atoms with Crippen molar-refractivity contribution in [1.82, 2.24) is 4.98 Å². The van der Waals surface area contributed by atoms with Gasteiger partial charge in [0.2, 0.25) is 0 Å². The molecule has 1 aliphatic carbocycles. The van der Waals surface area contributed by atoms with Gasteiger partial charge in [0, 0.05) is 4.88 Å². The molecular weight excluding hydrogens is 232 g/mol. The Kier molecular flexibility index (Phi) is 3.19. The highest BCUT2D eigenvalue weighted by Crippen LogP contribution is 2.34. The van der Waals surface area contributed by atoms with Gasteiger partial charge in [-0.25, -0.2) is 4.98 Å². The number of ether oxygens (including phenoxy) is 1. The molecule has 0 bridgehead atoms. The normalized spacial score (nSPS) is 30.2. The third kappa shape index (κ3) is 2.26. The number of aromatic nitrogens is 1. The van der Waals surface area contributed by atoms with Crippen molar-refractivity contribution in [3.8, 4) is 0 Å². The summed E-state index contributed by atoms with van der Waals surface area (Å²) in [4.78, 5) is 6.20. The minimum Gasteiger partial charge on any atom is -0.373 e. The lowest BCUT2D eigenvalue weighted by molar-refractivity contribution is 0.0401. The van der Waals surface area contributed by atoms with Crippen LogP contribution in [0, 0.1) is 0 Å². The van der Waals surface area contributed by atoms with Crippen LogP contribution in [-0.4, -0.2) is 17.2 Å². The monoisotopic (exact) mass is 252 g/mol. The summed E-state index contributed by atoms with van der Waals surface area (Å²) in [5.74, 6) is 0. The summed E-state index contributed by atoms with van der Waals surface area (Å²) in [5, 5.41) is 1.09. The van der Waals surface area contributed by atoms with Crippen molar-refractivity contribution in [2.24, 2.45) is 5.73 Å². The Bertz CT molecular complexity index is 381. The third-order valence-corrected chi connectivity index (χ3v) is 5.07. The highest BCUT2D eigenvalue weighted by Gasteiger charge is 2.31. The molecule has 3 nitrogen and oxygen atoms in total. The highest BCUT2D eigenvalue weighted by atomic mass is 32.1. The maximum atomic E-state index is 6.30. The van der Waals surface area contributed by atoms with Gasteiger partial charge >= 0.3 is 0 Å². The minimum absolute atomic E-state index is 0.0180. The Morgan fingerprint density at radius 2 is 2.18 bits per heavy atom. The van der Waals surface area contributed by atoms with Gasteiger partial charge in [0.1, 0.15) is 5.01 Å². The van der Waals surface area contributed by atoms with Crippen molar-refractivity contribution in [3.05, 3.63) is 15.6 Å². The summed E-state index contributed by atoms with van der Waals surface area (Å²) < 4.78 is 5.85. The van der Waals surface area contributed by atoms with E-state index in [1.54, 1.807) is 0 Å². The van der Waals surface area contributed by atoms with Crippen molar-refractivity contribution in [2.45, 2.75) is 63.7 Å². The molecule has 2 aliphatic rings. The molecule has 1 aliphatic heterocycles. The molecule has 0 aromatic carbocycles. The summed E-state index contributed by atoms with van der Waals surface area (Å²) in [6, 6.07) is -0.0180. The molecule has 0 saturated carbocycles. The van der Waals surface area contributed by atoms with Crippen molar-refractivity contribution in [1.29, 1.82) is 0 Å². The Hall–Kier alpha value is -0.450. The average Bonchev–Trinajstić information content (AvgIpc) is 2.93. The lowest BCUT2D eigenvalue weighted by Gasteiger charge is -2.16. The van der Waals surface area contributed by atoms with E-state index in [9.17, 15) is 0 Å². The van der Waals surface area contributed by atoms with Gasteiger partial charge in [-0.1, -0.05) is 0 Å². The van der Waals surface area contributed by atoms with Gasteiger partial charge in [0.15, 0.2) is 0 Å². The maximum Gasteiger partial charge on any atom is 0.113 e. The fraction of sp³-hybridized carbons (Fsp3) is 0.769. The zero-order chi connectivity index (χ0) is 11.8. The van der Waals surface area contributed by atoms with Gasteiger partial charge in [0.25, 0.3) is 0 Å². The average molecular weight is 252 g/mol. The summed E-state index contributed by atoms with van der Waals surface area (Å²) >= 11 is 1.82. The second kappa shape index (κ2) is 4.67. The van der Waals surface area contributed by atoms with E-state index >= 15 is 0 Å². The van der Waals surface area contributed by atoms with Crippen LogP contribution in [0.15, 0.2) is 0 Å². The topological polar surface area (TPSA) is 48.1 Å². The Balaban J connectivity index is 1.77. The maximum absolute atomic E-state index is 6.30. The molecule has 2 heterocycles. The smallest absolute Gasteiger partial charge is 0.113 e. The number of nitrogens with zero attached hydrogens (tertiary/aromatic N) is 1. The minimum atomic E-state index is -0.0180. The molecule has 0 spiro atoms. The van der Waals surface area contributed by atoms with Gasteiger partial charge < -0.3 is 10.5 Å². The number of aryl methyl sites for hydroxylation is 2. The molecule has 0 radical (unpaired) electrons. The van der Waals surface area contributed by atoms with E-state index in [0.29, 0.717) is 6.10 Å². The van der Waals surface area contributed by atoms with Gasteiger partial charge in [-0.2, -0.15) is 0 Å². The molecule has 3 atom stereocenters. The number of nitrogens with two attached hydrogens (primary N) is 1. The van der Waals surface area contributed by atoms with Crippen molar-refractivity contribution in [2.75, 3.05) is 0 Å². The second-order valence-corrected chi connectivity index (χ2v) is 6.33. The number of hydrogen-bond acceptors (Lipinski definition) is 4. The molecule has 3 unspecified atom stereocenters. The number of rotatable bonds is 2. The molecule has 94 valence electrons. The number of thiazole rings is 1. The SMILES string of the molecule is CC1CCC(C(N)c2nc3c(s2)CCCC3)O1. The van der Waals surface area contributed by atoms with Crippen LogP contribution in [0.4, 0.5) is 0 Å². The molecule has 1 fully saturated rings. The number of hydrogen-bond donors (Lipinski definition) is 1. The van der Waals surface area contributed by atoms with E-state index < -0.39 is 0 Å². The quantitative estimate of drug-likeness (QED) is 0.880. The van der Waals surface area contributed by atoms with E-state index in [1.807, 2.05) is 11.3 Å². The number of fused-ring (bicyclic) bond motifs is 1. The Morgan fingerprint density at radius 1 is 1.35 bits per heavy atom. The predicted molar refractivity (Wildman–Crippen MR) is 69.3 cm³/mol. The molecule has 1 aromatic rings. The Labute approximate surface area is 106 Å². The third-order valence-electron chi connectivity index (χ3n) is 3.81. The van der Waals surface area contributed by atoms with Crippen LogP contribution in [-0.2, 0) is 17.6 Å². The van der Waals surface area contributed by atoms with E-state index in [-0.39, 0.29) is 12.1 Å². The van der Waals surface area contributed by atoms with Crippen LogP contribution in [0.2, 0.25) is 0 Å². The highest BCUT2D eigenvalue weighted by molar-refractivity contribution is 7.11. The van der Waals surface area contributed by atoms with E-state index in [0.717, 1.165) is 24.3 Å². The lowest BCUT2D eigenvalue weighted by atomic mass is 10.0. The lowest BCUT2D eigenvalue weighted by Crippen LogP contribution is -2.26. The van der Waals surface area contributed by atoms with Crippen molar-refractivity contribution < 1.29 is 4.74 Å². The molecule has 2 N–H and O–H groups in total. The summed E-state index contributed by atoms with van der Waals surface area (Å²) in [7, 11) is 0. The molecule has 1 aromatic heterocycles. The van der Waals surface area contributed by atoms with Crippen LogP contribution in [0.25, 0.3) is 0 Å². The molecule has 4 heteroatoms. The van der Waals surface area contributed by atoms with Crippen molar-refractivity contribution in [3.63, 3.8) is 0 Å². The first-order chi connectivity index (χ1) is 8.24. The first kappa shape index (κ1) is 11.6. The summed E-state index contributed by atoms with van der Waals surface area (Å²) in [6.45, 7) is 2.12. The van der Waals surface area contributed by atoms with Gasteiger partial charge in [-0.15, -0.1) is 11.3 Å². The Morgan fingerprint density at radius 3 is 2.88 bits per heavy atom. The van der Waals surface area contributed by atoms with E-state index in [4.69, 9.17) is 15.5 Å². The van der Waals surface area contributed by atoms with Gasteiger partial charge in [-0.3, -0.25) is 0 Å². The zero-order valence-corrected chi connectivity index (χ0v) is 11.1. The molecule has 3 rings (SSSR count). The van der Waals surface area contributed by atoms with E-state index in [2.05, 4.69) is 6.92 Å². The first-order valence-corrected chi connectivity index (χ1v) is 7.45. The second-order valence-electron chi connectivity index (χ2n) is 5.22.